The largest absolute Gasteiger partial charge is 0.348 e. The van der Waals surface area contributed by atoms with Crippen LogP contribution in [0.4, 0.5) is 0 Å². The molecule has 0 aliphatic heterocycles. The molecular weight excluding hydrogens is 336 g/mol. The van der Waals surface area contributed by atoms with Gasteiger partial charge in [0.25, 0.3) is 11.5 Å². The van der Waals surface area contributed by atoms with Gasteiger partial charge in [0, 0.05) is 26.8 Å². The van der Waals surface area contributed by atoms with Gasteiger partial charge in [-0.3, -0.25) is 14.2 Å². The van der Waals surface area contributed by atoms with Crippen LogP contribution in [0, 0.1) is 0 Å². The Balaban J connectivity index is 2.17. The highest BCUT2D eigenvalue weighted by atomic mass is 32.2. The number of nitrogens with one attached hydrogen (secondary N) is 1. The average Bonchev–Trinajstić information content (AvgIpc) is 2.53. The molecule has 0 unspecified atom stereocenters. The quantitative estimate of drug-likeness (QED) is 0.703. The van der Waals surface area contributed by atoms with Crippen LogP contribution in [0.2, 0.25) is 0 Å². The number of aromatic nitrogens is 2. The Bertz CT molecular complexity index is 1000. The number of sulfonamides is 1. The third-order valence-corrected chi connectivity index (χ3v) is 4.33. The SMILES string of the molecule is Cn1cc(C(=O)NCc2ccc(S(N)(=O)=O)cc2)c(=O)n(C)c1=O. The molecule has 10 heteroatoms. The van der Waals surface area contributed by atoms with Crippen molar-refractivity contribution in [3.8, 4) is 0 Å². The van der Waals surface area contributed by atoms with Crippen LogP contribution >= 0.6 is 0 Å². The molecule has 0 saturated carbocycles. The van der Waals surface area contributed by atoms with Crippen molar-refractivity contribution in [2.45, 2.75) is 11.4 Å². The van der Waals surface area contributed by atoms with Crippen molar-refractivity contribution in [1.29, 1.82) is 0 Å². The maximum atomic E-state index is 12.1. The van der Waals surface area contributed by atoms with Gasteiger partial charge in [-0.1, -0.05) is 12.1 Å². The van der Waals surface area contributed by atoms with Crippen LogP contribution in [0.25, 0.3) is 0 Å². The van der Waals surface area contributed by atoms with Crippen LogP contribution in [0.15, 0.2) is 44.9 Å². The minimum Gasteiger partial charge on any atom is -0.348 e. The third kappa shape index (κ3) is 3.60. The second-order valence-corrected chi connectivity index (χ2v) is 6.73. The standard InChI is InChI=1S/C14H16N4O5S/c1-17-8-11(13(20)18(2)14(17)21)12(19)16-7-9-3-5-10(6-4-9)24(15,22)23/h3-6,8H,7H2,1-2H3,(H,16,19)(H2,15,22,23). The van der Waals surface area contributed by atoms with Crippen LogP contribution < -0.4 is 21.7 Å². The summed E-state index contributed by atoms with van der Waals surface area (Å²) < 4.78 is 24.3. The highest BCUT2D eigenvalue weighted by Crippen LogP contribution is 2.08. The van der Waals surface area contributed by atoms with Crippen LogP contribution in [-0.4, -0.2) is 23.5 Å². The molecular formula is C14H16N4O5S. The van der Waals surface area contributed by atoms with Crippen molar-refractivity contribution in [1.82, 2.24) is 14.5 Å². The number of nitrogens with two attached hydrogens (primary N) is 1. The molecule has 0 aliphatic carbocycles. The Hall–Kier alpha value is -2.72. The Morgan fingerprint density at radius 1 is 1.17 bits per heavy atom. The van der Waals surface area contributed by atoms with Crippen LogP contribution in [0.1, 0.15) is 15.9 Å². The predicted molar refractivity (Wildman–Crippen MR) is 85.9 cm³/mol. The Morgan fingerprint density at radius 3 is 2.29 bits per heavy atom. The molecule has 1 aromatic carbocycles. The summed E-state index contributed by atoms with van der Waals surface area (Å²) in [5.41, 5.74) is -0.770. The fourth-order valence-electron chi connectivity index (χ4n) is 2.04. The summed E-state index contributed by atoms with van der Waals surface area (Å²) >= 11 is 0. The number of hydrogen-bond acceptors (Lipinski definition) is 5. The van der Waals surface area contributed by atoms with E-state index in [0.717, 1.165) is 9.13 Å². The summed E-state index contributed by atoms with van der Waals surface area (Å²) in [5, 5.41) is 7.54. The van der Waals surface area contributed by atoms with Gasteiger partial charge < -0.3 is 9.88 Å². The maximum absolute atomic E-state index is 12.1. The molecule has 24 heavy (non-hydrogen) atoms. The topological polar surface area (TPSA) is 133 Å². The number of carbonyl (C=O) groups excluding carboxylic acids is 1. The van der Waals surface area contributed by atoms with E-state index in [4.69, 9.17) is 5.14 Å². The van der Waals surface area contributed by atoms with E-state index < -0.39 is 27.2 Å². The zero-order valence-corrected chi connectivity index (χ0v) is 13.8. The van der Waals surface area contributed by atoms with Gasteiger partial charge in [-0.2, -0.15) is 0 Å². The van der Waals surface area contributed by atoms with Gasteiger partial charge in [0.1, 0.15) is 5.56 Å². The van der Waals surface area contributed by atoms with Crippen molar-refractivity contribution in [2.24, 2.45) is 19.2 Å². The number of benzene rings is 1. The van der Waals surface area contributed by atoms with Crippen LogP contribution in [-0.2, 0) is 30.7 Å². The molecule has 3 N–H and O–H groups in total. The van der Waals surface area contributed by atoms with Gasteiger partial charge in [-0.05, 0) is 17.7 Å². The lowest BCUT2D eigenvalue weighted by Crippen LogP contribution is -2.41. The first-order valence-corrected chi connectivity index (χ1v) is 8.32. The first kappa shape index (κ1) is 17.6. The van der Waals surface area contributed by atoms with E-state index in [-0.39, 0.29) is 17.0 Å². The molecule has 0 atom stereocenters. The number of nitrogens with zero attached hydrogens (tertiary/aromatic N) is 2. The molecule has 2 rings (SSSR count). The second kappa shape index (κ2) is 6.42. The molecule has 1 heterocycles. The van der Waals surface area contributed by atoms with E-state index >= 15 is 0 Å². The molecule has 0 fully saturated rings. The fourth-order valence-corrected chi connectivity index (χ4v) is 2.55. The fraction of sp³-hybridized carbons (Fsp3) is 0.214. The third-order valence-electron chi connectivity index (χ3n) is 3.40. The molecule has 0 radical (unpaired) electrons. The summed E-state index contributed by atoms with van der Waals surface area (Å²) in [6, 6.07) is 5.64. The minimum atomic E-state index is -3.78. The van der Waals surface area contributed by atoms with Crippen molar-refractivity contribution in [2.75, 3.05) is 0 Å². The van der Waals surface area contributed by atoms with E-state index in [0.29, 0.717) is 5.56 Å². The molecule has 0 aliphatic rings. The minimum absolute atomic E-state index is 0.0375. The number of rotatable bonds is 4. The predicted octanol–water partition coefficient (Wildman–Crippen LogP) is -1.34. The van der Waals surface area contributed by atoms with Gasteiger partial charge in [0.05, 0.1) is 4.90 Å². The zero-order valence-electron chi connectivity index (χ0n) is 13.0. The lowest BCUT2D eigenvalue weighted by atomic mass is 10.2. The lowest BCUT2D eigenvalue weighted by molar-refractivity contribution is 0.0947. The second-order valence-electron chi connectivity index (χ2n) is 5.17. The maximum Gasteiger partial charge on any atom is 0.330 e. The monoisotopic (exact) mass is 352 g/mol. The van der Waals surface area contributed by atoms with Gasteiger partial charge in [0.15, 0.2) is 0 Å². The van der Waals surface area contributed by atoms with Crippen molar-refractivity contribution < 1.29 is 13.2 Å². The number of aryl methyl sites for hydroxylation is 1. The molecule has 0 spiro atoms. The lowest BCUT2D eigenvalue weighted by Gasteiger charge is -2.08. The molecule has 0 bridgehead atoms. The van der Waals surface area contributed by atoms with E-state index in [2.05, 4.69) is 5.32 Å². The van der Waals surface area contributed by atoms with E-state index in [9.17, 15) is 22.8 Å². The van der Waals surface area contributed by atoms with Crippen LogP contribution in [0.3, 0.4) is 0 Å². The summed E-state index contributed by atoms with van der Waals surface area (Å²) in [7, 11) is -1.06. The van der Waals surface area contributed by atoms with Crippen molar-refractivity contribution in [3.05, 3.63) is 62.4 Å². The Kier molecular flexibility index (Phi) is 4.71. The highest BCUT2D eigenvalue weighted by Gasteiger charge is 2.14. The summed E-state index contributed by atoms with van der Waals surface area (Å²) in [6.07, 6.45) is 1.17. The van der Waals surface area contributed by atoms with Crippen LogP contribution in [0.5, 0.6) is 0 Å². The summed E-state index contributed by atoms with van der Waals surface area (Å²) in [5.74, 6) is -0.637. The molecule has 9 nitrogen and oxygen atoms in total. The average molecular weight is 352 g/mol. The van der Waals surface area contributed by atoms with Gasteiger partial charge in [-0.25, -0.2) is 18.4 Å². The molecule has 1 aromatic heterocycles. The number of hydrogen-bond donors (Lipinski definition) is 2. The first-order chi connectivity index (χ1) is 11.1. The molecule has 0 saturated heterocycles. The number of carbonyl (C=O) groups is 1. The first-order valence-electron chi connectivity index (χ1n) is 6.78. The number of amides is 1. The highest BCUT2D eigenvalue weighted by molar-refractivity contribution is 7.89. The Labute approximate surface area is 137 Å². The van der Waals surface area contributed by atoms with Crippen molar-refractivity contribution >= 4 is 15.9 Å². The summed E-state index contributed by atoms with van der Waals surface area (Å²) in [4.78, 5) is 35.6. The smallest absolute Gasteiger partial charge is 0.330 e. The van der Waals surface area contributed by atoms with E-state index in [1.807, 2.05) is 0 Å². The number of primary sulfonamides is 1. The normalized spacial score (nSPS) is 11.3. The summed E-state index contributed by atoms with van der Waals surface area (Å²) in [6.45, 7) is 0.0791. The van der Waals surface area contributed by atoms with E-state index in [1.54, 1.807) is 0 Å². The Morgan fingerprint density at radius 2 is 1.75 bits per heavy atom. The molecule has 1 amide bonds. The molecule has 2 aromatic rings. The van der Waals surface area contributed by atoms with E-state index in [1.165, 1.54) is 44.6 Å². The van der Waals surface area contributed by atoms with Crippen molar-refractivity contribution in [3.63, 3.8) is 0 Å². The van der Waals surface area contributed by atoms with Gasteiger partial charge in [0.2, 0.25) is 10.0 Å². The van der Waals surface area contributed by atoms with Gasteiger partial charge in [-0.15, -0.1) is 0 Å². The zero-order chi connectivity index (χ0) is 18.1. The van der Waals surface area contributed by atoms with Gasteiger partial charge >= 0.3 is 5.69 Å². The molecule has 128 valence electrons.